The average Bonchev–Trinajstić information content (AvgIpc) is 2.64. The van der Waals surface area contributed by atoms with Crippen molar-refractivity contribution >= 4 is 23.2 Å². The number of hydrogen-bond acceptors (Lipinski definition) is 4. The summed E-state index contributed by atoms with van der Waals surface area (Å²) < 4.78 is 0. The van der Waals surface area contributed by atoms with Crippen LogP contribution in [0.4, 0.5) is 11.4 Å². The van der Waals surface area contributed by atoms with Gasteiger partial charge in [-0.05, 0) is 36.4 Å². The first kappa shape index (κ1) is 24.7. The van der Waals surface area contributed by atoms with E-state index in [9.17, 15) is 9.59 Å². The third-order valence-electron chi connectivity index (χ3n) is 3.22. The van der Waals surface area contributed by atoms with Gasteiger partial charge >= 0.3 is 19.5 Å². The molecule has 0 fully saturated rings. The molecular weight excluding hydrogens is 476 g/mol. The van der Waals surface area contributed by atoms with E-state index >= 15 is 0 Å². The largest absolute Gasteiger partial charge is 2.00 e. The van der Waals surface area contributed by atoms with E-state index < -0.39 is 0 Å². The van der Waals surface area contributed by atoms with Crippen molar-refractivity contribution in [1.82, 2.24) is 9.97 Å². The van der Waals surface area contributed by atoms with Gasteiger partial charge in [0.25, 0.3) is 11.8 Å². The molecule has 0 aliphatic rings. The van der Waals surface area contributed by atoms with Crippen molar-refractivity contribution < 1.29 is 53.9 Å². The van der Waals surface area contributed by atoms with Crippen molar-refractivity contribution in [3.63, 3.8) is 0 Å². The molecule has 140 valence electrons. The van der Waals surface area contributed by atoms with Crippen molar-refractivity contribution in [1.29, 1.82) is 0 Å². The van der Waals surface area contributed by atoms with E-state index in [-0.39, 0.29) is 56.1 Å². The van der Waals surface area contributed by atoms with Gasteiger partial charge in [0.15, 0.2) is 0 Å². The van der Waals surface area contributed by atoms with Crippen LogP contribution in [0.1, 0.15) is 21.0 Å². The van der Waals surface area contributed by atoms with Gasteiger partial charge in [-0.2, -0.15) is 0 Å². The Morgan fingerprint density at radius 1 is 0.630 bits per heavy atom. The van der Waals surface area contributed by atoms with Gasteiger partial charge in [-0.15, -0.1) is 0 Å². The number of halogens is 2. The second kappa shape index (κ2) is 12.1. The number of carbonyl (C=O) groups is 2. The predicted octanol–water partition coefficient (Wildman–Crippen LogP) is -3.01. The van der Waals surface area contributed by atoms with Crippen molar-refractivity contribution in [3.05, 3.63) is 84.4 Å². The monoisotopic (exact) mass is 490 g/mol. The summed E-state index contributed by atoms with van der Waals surface area (Å²) in [5.74, 6) is -0.703. The number of aromatic nitrogens is 2. The molecule has 2 N–H and O–H groups in total. The van der Waals surface area contributed by atoms with Crippen LogP contribution in [0.15, 0.2) is 73.1 Å². The van der Waals surface area contributed by atoms with E-state index in [0.29, 0.717) is 22.8 Å². The van der Waals surface area contributed by atoms with Crippen molar-refractivity contribution in [2.45, 2.75) is 0 Å². The molecule has 0 aliphatic carbocycles. The average molecular weight is 490 g/mol. The van der Waals surface area contributed by atoms with Gasteiger partial charge in [0, 0.05) is 12.4 Å². The van der Waals surface area contributed by atoms with Crippen molar-refractivity contribution in [2.24, 2.45) is 0 Å². The molecule has 1 aromatic carbocycles. The summed E-state index contributed by atoms with van der Waals surface area (Å²) in [6, 6.07) is 17.1. The molecule has 27 heavy (non-hydrogen) atoms. The molecule has 0 radical (unpaired) electrons. The van der Waals surface area contributed by atoms with Crippen LogP contribution in [0.25, 0.3) is 0 Å². The van der Waals surface area contributed by atoms with Crippen LogP contribution in [0.2, 0.25) is 0 Å². The number of para-hydroxylation sites is 2. The maximum absolute atomic E-state index is 12.2. The Morgan fingerprint density at radius 3 is 1.33 bits per heavy atom. The van der Waals surface area contributed by atoms with E-state index in [2.05, 4.69) is 20.6 Å². The molecule has 0 bridgehead atoms. The van der Waals surface area contributed by atoms with Gasteiger partial charge in [0.05, 0.1) is 11.4 Å². The first-order chi connectivity index (χ1) is 11.7. The van der Waals surface area contributed by atoms with Crippen molar-refractivity contribution in [3.8, 4) is 0 Å². The summed E-state index contributed by atoms with van der Waals surface area (Å²) in [5.41, 5.74) is 1.56. The van der Waals surface area contributed by atoms with Crippen molar-refractivity contribution in [2.75, 3.05) is 10.6 Å². The van der Waals surface area contributed by atoms with Gasteiger partial charge in [-0.1, -0.05) is 24.3 Å². The topological polar surface area (TPSA) is 84.0 Å². The number of amides is 2. The second-order valence-electron chi connectivity index (χ2n) is 4.88. The molecule has 0 atom stereocenters. The predicted molar refractivity (Wildman–Crippen MR) is 90.8 cm³/mol. The summed E-state index contributed by atoms with van der Waals surface area (Å²) >= 11 is 0. The zero-order valence-corrected chi connectivity index (χ0v) is 17.0. The number of nitrogens with zero attached hydrogens (tertiary/aromatic N) is 2. The zero-order chi connectivity index (χ0) is 16.8. The quantitative estimate of drug-likeness (QED) is 0.382. The molecule has 2 heterocycles. The van der Waals surface area contributed by atoms with Crippen LogP contribution in [-0.4, -0.2) is 21.8 Å². The van der Waals surface area contributed by atoms with Gasteiger partial charge in [-0.3, -0.25) is 19.6 Å². The van der Waals surface area contributed by atoms with Crippen LogP contribution < -0.4 is 35.4 Å². The maximum atomic E-state index is 12.2. The molecule has 2 aromatic heterocycles. The van der Waals surface area contributed by atoms with Crippen LogP contribution in [0.5, 0.6) is 0 Å². The number of anilines is 2. The van der Waals surface area contributed by atoms with Crippen LogP contribution in [0, 0.1) is 0 Å². The number of hydrogen-bond donors (Lipinski definition) is 2. The Kier molecular flexibility index (Phi) is 11.1. The van der Waals surface area contributed by atoms with Gasteiger partial charge < -0.3 is 35.4 Å². The van der Waals surface area contributed by atoms with Crippen LogP contribution in [0.3, 0.4) is 0 Å². The van der Waals surface area contributed by atoms with E-state index in [1.807, 2.05) is 0 Å². The number of carbonyl (C=O) groups excluding carboxylic acids is 2. The normalized spacial score (nSPS) is 8.89. The minimum Gasteiger partial charge on any atom is -1.00 e. The first-order valence-electron chi connectivity index (χ1n) is 7.28. The van der Waals surface area contributed by atoms with E-state index in [1.165, 1.54) is 0 Å². The molecule has 6 nitrogen and oxygen atoms in total. The molecule has 0 saturated carbocycles. The van der Waals surface area contributed by atoms with Gasteiger partial charge in [-0.25, -0.2) is 0 Å². The zero-order valence-electron chi connectivity index (χ0n) is 13.7. The smallest absolute Gasteiger partial charge is 1.00 e. The molecule has 0 spiro atoms. The summed E-state index contributed by atoms with van der Waals surface area (Å²) in [7, 11) is 0. The molecular formula is C18H14Cl2N4O2Ru. The third-order valence-corrected chi connectivity index (χ3v) is 3.22. The van der Waals surface area contributed by atoms with E-state index in [4.69, 9.17) is 0 Å². The van der Waals surface area contributed by atoms with Crippen LogP contribution >= 0.6 is 0 Å². The Labute approximate surface area is 181 Å². The van der Waals surface area contributed by atoms with Crippen LogP contribution in [-0.2, 0) is 19.5 Å². The standard InChI is InChI=1S/C18H14N4O2.2ClH.Ru/c23-17(15-9-3-5-11-19-15)21-13-7-1-2-8-14(13)22-18(24)16-10-4-6-12-20-16;;;/h1-12H,(H,21,23)(H,22,24);2*1H;/q;;;+2/p-2. The third kappa shape index (κ3) is 6.72. The molecule has 3 rings (SSSR count). The number of nitrogens with one attached hydrogen (secondary N) is 2. The van der Waals surface area contributed by atoms with Gasteiger partial charge in [0.1, 0.15) is 11.4 Å². The Morgan fingerprint density at radius 2 is 1.00 bits per heavy atom. The molecule has 3 aromatic rings. The molecule has 9 heteroatoms. The fourth-order valence-corrected chi connectivity index (χ4v) is 2.07. The molecule has 2 amide bonds. The second-order valence-corrected chi connectivity index (χ2v) is 4.88. The minimum atomic E-state index is -0.352. The fraction of sp³-hybridized carbons (Fsp3) is 0. The first-order valence-corrected chi connectivity index (χ1v) is 7.28. The summed E-state index contributed by atoms with van der Waals surface area (Å²) in [5, 5.41) is 5.49. The van der Waals surface area contributed by atoms with E-state index in [1.54, 1.807) is 73.1 Å². The summed E-state index contributed by atoms with van der Waals surface area (Å²) in [6.45, 7) is 0. The number of pyridine rings is 2. The van der Waals surface area contributed by atoms with Gasteiger partial charge in [0.2, 0.25) is 0 Å². The molecule has 0 aliphatic heterocycles. The summed E-state index contributed by atoms with van der Waals surface area (Å²) in [6.07, 6.45) is 3.09. The Balaban J connectivity index is 0.00000225. The van der Waals surface area contributed by atoms with E-state index in [0.717, 1.165) is 0 Å². The maximum Gasteiger partial charge on any atom is 2.00 e. The fourth-order valence-electron chi connectivity index (χ4n) is 2.07. The summed E-state index contributed by atoms with van der Waals surface area (Å²) in [4.78, 5) is 32.5. The number of benzene rings is 1. The number of rotatable bonds is 4. The molecule has 0 unspecified atom stereocenters. The molecule has 0 saturated heterocycles. The Bertz CT molecular complexity index is 795. The SMILES string of the molecule is O=C(Nc1ccccc1NC(=O)c1ccccn1)c1ccccn1.[Cl-].[Cl-].[Ru+2]. The minimum absolute atomic E-state index is 0. The Hall–Kier alpha value is -2.34.